The maximum atomic E-state index is 12.6. The summed E-state index contributed by atoms with van der Waals surface area (Å²) in [5, 5.41) is 0.491. The molecular weight excluding hydrogens is 382 g/mol. The predicted molar refractivity (Wildman–Crippen MR) is 114 cm³/mol. The Kier molecular flexibility index (Phi) is 5.69. The number of aromatic nitrogens is 5. The lowest BCUT2D eigenvalue weighted by atomic mass is 9.92. The van der Waals surface area contributed by atoms with Crippen LogP contribution in [0.5, 0.6) is 0 Å². The van der Waals surface area contributed by atoms with E-state index in [9.17, 15) is 9.59 Å². The molecule has 30 heavy (non-hydrogen) atoms. The lowest BCUT2D eigenvalue weighted by Crippen LogP contribution is -2.38. The number of piperidine rings is 1. The number of likely N-dealkylation sites (tertiary alicyclic amines) is 1. The molecule has 0 unspecified atom stereocenters. The van der Waals surface area contributed by atoms with Crippen molar-refractivity contribution >= 4 is 22.8 Å². The Labute approximate surface area is 174 Å². The summed E-state index contributed by atoms with van der Waals surface area (Å²) in [5.41, 5.74) is 1.70. The number of hydrogen-bond donors (Lipinski definition) is 1. The number of carbonyl (C=O) groups is 1. The Balaban J connectivity index is 1.54. The Hall–Kier alpha value is -3.36. The molecule has 1 aliphatic heterocycles. The van der Waals surface area contributed by atoms with E-state index in [0.717, 1.165) is 31.6 Å². The van der Waals surface area contributed by atoms with Crippen LogP contribution in [0.15, 0.2) is 35.6 Å². The number of anilines is 1. The summed E-state index contributed by atoms with van der Waals surface area (Å²) < 4.78 is 0. The summed E-state index contributed by atoms with van der Waals surface area (Å²) in [6.45, 7) is 6.92. The van der Waals surface area contributed by atoms with E-state index in [1.165, 1.54) is 12.4 Å². The van der Waals surface area contributed by atoms with Crippen molar-refractivity contribution in [1.29, 1.82) is 0 Å². The number of amides is 1. The van der Waals surface area contributed by atoms with Crippen molar-refractivity contribution in [1.82, 2.24) is 29.8 Å². The minimum atomic E-state index is -0.174. The molecule has 9 nitrogen and oxygen atoms in total. The zero-order valence-corrected chi connectivity index (χ0v) is 17.2. The fourth-order valence-corrected chi connectivity index (χ4v) is 3.90. The van der Waals surface area contributed by atoms with Gasteiger partial charge >= 0.3 is 0 Å². The van der Waals surface area contributed by atoms with Gasteiger partial charge in [0.25, 0.3) is 11.5 Å². The third kappa shape index (κ3) is 3.87. The molecular formula is C21H25N7O2. The average Bonchev–Trinajstić information content (AvgIpc) is 2.80. The van der Waals surface area contributed by atoms with Crippen LogP contribution >= 0.6 is 0 Å². The standard InChI is InChI=1S/C21H25N7O2/c1-3-27(4-2)21-24-12-15-17(26-21)11-16(25-19(15)29)14-5-9-28(10-6-14)20(30)18-13-22-7-8-23-18/h7-8,11-14H,3-6,9-10H2,1-2H3,(H,25,29). The molecule has 9 heteroatoms. The molecule has 0 radical (unpaired) electrons. The number of carbonyl (C=O) groups excluding carboxylic acids is 1. The highest BCUT2D eigenvalue weighted by atomic mass is 16.2. The number of aromatic amines is 1. The van der Waals surface area contributed by atoms with Gasteiger partial charge in [-0.1, -0.05) is 0 Å². The largest absolute Gasteiger partial charge is 0.341 e. The van der Waals surface area contributed by atoms with Gasteiger partial charge in [0.05, 0.1) is 17.1 Å². The highest BCUT2D eigenvalue weighted by Gasteiger charge is 2.26. The Morgan fingerprint density at radius 1 is 1.17 bits per heavy atom. The summed E-state index contributed by atoms with van der Waals surface area (Å²) in [5.74, 6) is 0.693. The topological polar surface area (TPSA) is 108 Å². The van der Waals surface area contributed by atoms with Gasteiger partial charge in [-0.15, -0.1) is 0 Å². The third-order valence-corrected chi connectivity index (χ3v) is 5.65. The van der Waals surface area contributed by atoms with Crippen LogP contribution in [-0.4, -0.2) is 61.9 Å². The van der Waals surface area contributed by atoms with Gasteiger partial charge in [-0.2, -0.15) is 0 Å². The van der Waals surface area contributed by atoms with E-state index in [4.69, 9.17) is 0 Å². The van der Waals surface area contributed by atoms with Crippen molar-refractivity contribution in [2.24, 2.45) is 0 Å². The molecule has 156 valence electrons. The molecule has 1 saturated heterocycles. The Morgan fingerprint density at radius 3 is 2.60 bits per heavy atom. The van der Waals surface area contributed by atoms with Crippen LogP contribution in [0.4, 0.5) is 5.95 Å². The molecule has 1 amide bonds. The molecule has 0 saturated carbocycles. The van der Waals surface area contributed by atoms with Gasteiger partial charge in [0.2, 0.25) is 5.95 Å². The van der Waals surface area contributed by atoms with E-state index < -0.39 is 0 Å². The van der Waals surface area contributed by atoms with E-state index in [-0.39, 0.29) is 17.4 Å². The van der Waals surface area contributed by atoms with Crippen molar-refractivity contribution in [2.45, 2.75) is 32.6 Å². The maximum Gasteiger partial charge on any atom is 0.274 e. The number of nitrogens with one attached hydrogen (secondary N) is 1. The molecule has 1 N–H and O–H groups in total. The number of fused-ring (bicyclic) bond motifs is 1. The van der Waals surface area contributed by atoms with Gasteiger partial charge in [0.1, 0.15) is 5.69 Å². The Bertz CT molecular complexity index is 1090. The smallest absolute Gasteiger partial charge is 0.274 e. The monoisotopic (exact) mass is 407 g/mol. The highest BCUT2D eigenvalue weighted by Crippen LogP contribution is 2.28. The van der Waals surface area contributed by atoms with Crippen LogP contribution in [0.25, 0.3) is 10.9 Å². The molecule has 1 fully saturated rings. The van der Waals surface area contributed by atoms with Crippen LogP contribution in [0, 0.1) is 0 Å². The van der Waals surface area contributed by atoms with E-state index in [1.54, 1.807) is 17.3 Å². The number of rotatable bonds is 5. The van der Waals surface area contributed by atoms with Crippen LogP contribution in [0.3, 0.4) is 0 Å². The van der Waals surface area contributed by atoms with Crippen molar-refractivity contribution in [3.05, 3.63) is 52.6 Å². The zero-order valence-electron chi connectivity index (χ0n) is 17.2. The first-order chi connectivity index (χ1) is 14.6. The first-order valence-corrected chi connectivity index (χ1v) is 10.3. The molecule has 4 rings (SSSR count). The quantitative estimate of drug-likeness (QED) is 0.689. The van der Waals surface area contributed by atoms with Gasteiger partial charge in [-0.3, -0.25) is 14.6 Å². The second-order valence-electron chi connectivity index (χ2n) is 7.35. The van der Waals surface area contributed by atoms with Gasteiger partial charge in [0, 0.05) is 56.4 Å². The number of pyridine rings is 1. The molecule has 4 heterocycles. The zero-order chi connectivity index (χ0) is 21.1. The fourth-order valence-electron chi connectivity index (χ4n) is 3.90. The number of nitrogens with zero attached hydrogens (tertiary/aromatic N) is 6. The summed E-state index contributed by atoms with van der Waals surface area (Å²) in [6, 6.07) is 1.95. The summed E-state index contributed by atoms with van der Waals surface area (Å²) in [7, 11) is 0. The van der Waals surface area contributed by atoms with Crippen molar-refractivity contribution in [3.8, 4) is 0 Å². The molecule has 3 aromatic rings. The minimum Gasteiger partial charge on any atom is -0.341 e. The summed E-state index contributed by atoms with van der Waals surface area (Å²) in [6.07, 6.45) is 7.69. The number of hydrogen-bond acceptors (Lipinski definition) is 7. The molecule has 0 bridgehead atoms. The van der Waals surface area contributed by atoms with Crippen LogP contribution in [0.2, 0.25) is 0 Å². The minimum absolute atomic E-state index is 0.106. The van der Waals surface area contributed by atoms with Crippen LogP contribution in [0.1, 0.15) is 48.8 Å². The second kappa shape index (κ2) is 8.56. The lowest BCUT2D eigenvalue weighted by Gasteiger charge is -2.31. The molecule has 0 atom stereocenters. The lowest BCUT2D eigenvalue weighted by molar-refractivity contribution is 0.0705. The van der Waals surface area contributed by atoms with E-state index in [0.29, 0.717) is 35.6 Å². The fraction of sp³-hybridized carbons (Fsp3) is 0.429. The molecule has 3 aromatic heterocycles. The van der Waals surface area contributed by atoms with E-state index >= 15 is 0 Å². The third-order valence-electron chi connectivity index (χ3n) is 5.65. The molecule has 0 aromatic carbocycles. The normalized spacial score (nSPS) is 14.8. The van der Waals surface area contributed by atoms with Crippen molar-refractivity contribution in [3.63, 3.8) is 0 Å². The second-order valence-corrected chi connectivity index (χ2v) is 7.35. The van der Waals surface area contributed by atoms with E-state index in [2.05, 4.69) is 43.7 Å². The van der Waals surface area contributed by atoms with Crippen LogP contribution in [-0.2, 0) is 0 Å². The SMILES string of the molecule is CCN(CC)c1ncc2c(=O)[nH]c(C3CCN(C(=O)c4cnccn4)CC3)cc2n1. The van der Waals surface area contributed by atoms with E-state index in [1.807, 2.05) is 6.07 Å². The Morgan fingerprint density at radius 2 is 1.93 bits per heavy atom. The predicted octanol–water partition coefficient (Wildman–Crippen LogP) is 1.97. The maximum absolute atomic E-state index is 12.6. The van der Waals surface area contributed by atoms with Crippen LogP contribution < -0.4 is 10.5 Å². The highest BCUT2D eigenvalue weighted by molar-refractivity contribution is 5.92. The van der Waals surface area contributed by atoms with Gasteiger partial charge in [-0.05, 0) is 32.8 Å². The number of H-pyrrole nitrogens is 1. The van der Waals surface area contributed by atoms with Gasteiger partial charge in [0.15, 0.2) is 0 Å². The first-order valence-electron chi connectivity index (χ1n) is 10.3. The molecule has 0 aliphatic carbocycles. The molecule has 0 spiro atoms. The van der Waals surface area contributed by atoms with Crippen molar-refractivity contribution in [2.75, 3.05) is 31.1 Å². The first kappa shape index (κ1) is 19.9. The average molecular weight is 407 g/mol. The van der Waals surface area contributed by atoms with Gasteiger partial charge in [-0.25, -0.2) is 15.0 Å². The summed E-state index contributed by atoms with van der Waals surface area (Å²) >= 11 is 0. The van der Waals surface area contributed by atoms with Crippen molar-refractivity contribution < 1.29 is 4.79 Å². The molecule has 1 aliphatic rings. The van der Waals surface area contributed by atoms with Gasteiger partial charge < -0.3 is 14.8 Å². The summed E-state index contributed by atoms with van der Waals surface area (Å²) in [4.78, 5) is 49.1.